The Morgan fingerprint density at radius 1 is 1.04 bits per heavy atom. The van der Waals surface area contributed by atoms with Gasteiger partial charge in [-0.25, -0.2) is 0 Å². The molecule has 1 N–H and O–H groups in total. The Hall–Kier alpha value is -2.05. The summed E-state index contributed by atoms with van der Waals surface area (Å²) in [7, 11) is -3.96. The zero-order valence-electron chi connectivity index (χ0n) is 14.3. The van der Waals surface area contributed by atoms with Crippen LogP contribution in [-0.4, -0.2) is 25.3 Å². The number of hydrogen-bond acceptors (Lipinski definition) is 4. The molecule has 134 valence electrons. The van der Waals surface area contributed by atoms with Crippen LogP contribution in [0.5, 0.6) is 11.5 Å². The van der Waals surface area contributed by atoms with Gasteiger partial charge in [0.05, 0.1) is 17.1 Å². The largest absolute Gasteiger partial charge is 0.453 e. The molecule has 0 bridgehead atoms. The Kier molecular flexibility index (Phi) is 5.30. The van der Waals surface area contributed by atoms with Gasteiger partial charge >= 0.3 is 0 Å². The molecular formula is C19H23NO4S. The number of ether oxygens (including phenoxy) is 1. The molecule has 25 heavy (non-hydrogen) atoms. The third-order valence-electron chi connectivity index (χ3n) is 4.29. The van der Waals surface area contributed by atoms with Gasteiger partial charge in [0.25, 0.3) is 10.1 Å². The van der Waals surface area contributed by atoms with Crippen LogP contribution in [0.2, 0.25) is 0 Å². The second kappa shape index (κ2) is 7.45. The van der Waals surface area contributed by atoms with Gasteiger partial charge in [0, 0.05) is 6.54 Å². The first-order valence-corrected chi connectivity index (χ1v) is 10.2. The number of para-hydroxylation sites is 2. The molecule has 3 rings (SSSR count). The summed E-state index contributed by atoms with van der Waals surface area (Å²) in [4.78, 5) is 2.08. The standard InChI is InChI=1S/C19H23NO4S/c1-2-3-7-15-10-11-19-17(14-15)20(12-6-13-25(21,22)23)16-8-4-5-9-18(16)24-19/h4-5,8-11,14H,2-3,6-7,12-13H2,1H3,(H,21,22,23). The van der Waals surface area contributed by atoms with E-state index in [4.69, 9.17) is 9.29 Å². The molecule has 0 spiro atoms. The van der Waals surface area contributed by atoms with E-state index in [9.17, 15) is 8.42 Å². The average molecular weight is 361 g/mol. The normalized spacial score (nSPS) is 13.1. The van der Waals surface area contributed by atoms with E-state index in [1.807, 2.05) is 30.3 Å². The second-order valence-electron chi connectivity index (χ2n) is 6.27. The maximum Gasteiger partial charge on any atom is 0.264 e. The van der Waals surface area contributed by atoms with Gasteiger partial charge in [-0.05, 0) is 49.1 Å². The van der Waals surface area contributed by atoms with Crippen molar-refractivity contribution in [3.63, 3.8) is 0 Å². The lowest BCUT2D eigenvalue weighted by molar-refractivity contribution is 0.471. The molecule has 0 saturated carbocycles. The fourth-order valence-electron chi connectivity index (χ4n) is 3.06. The quantitative estimate of drug-likeness (QED) is 0.733. The summed E-state index contributed by atoms with van der Waals surface area (Å²) in [6, 6.07) is 13.9. The molecule has 0 radical (unpaired) electrons. The molecule has 0 aromatic heterocycles. The maximum atomic E-state index is 11.0. The average Bonchev–Trinajstić information content (AvgIpc) is 2.58. The van der Waals surface area contributed by atoms with Crippen LogP contribution in [-0.2, 0) is 16.5 Å². The van der Waals surface area contributed by atoms with Crippen molar-refractivity contribution >= 4 is 21.5 Å². The molecule has 5 nitrogen and oxygen atoms in total. The smallest absolute Gasteiger partial charge is 0.264 e. The molecule has 6 heteroatoms. The number of fused-ring (bicyclic) bond motifs is 2. The second-order valence-corrected chi connectivity index (χ2v) is 7.84. The van der Waals surface area contributed by atoms with Gasteiger partial charge in [0.15, 0.2) is 11.5 Å². The minimum atomic E-state index is -3.96. The van der Waals surface area contributed by atoms with Gasteiger partial charge in [0.1, 0.15) is 0 Å². The predicted molar refractivity (Wildman–Crippen MR) is 99.6 cm³/mol. The van der Waals surface area contributed by atoms with Gasteiger partial charge in [0.2, 0.25) is 0 Å². The minimum Gasteiger partial charge on any atom is -0.453 e. The van der Waals surface area contributed by atoms with E-state index < -0.39 is 10.1 Å². The molecule has 0 saturated heterocycles. The highest BCUT2D eigenvalue weighted by Gasteiger charge is 2.24. The van der Waals surface area contributed by atoms with E-state index in [0.717, 1.165) is 42.1 Å². The van der Waals surface area contributed by atoms with Gasteiger partial charge in [-0.3, -0.25) is 4.55 Å². The van der Waals surface area contributed by atoms with Crippen molar-refractivity contribution in [2.75, 3.05) is 17.2 Å². The zero-order valence-corrected chi connectivity index (χ0v) is 15.1. The lowest BCUT2D eigenvalue weighted by atomic mass is 10.1. The fraction of sp³-hybridized carbons (Fsp3) is 0.368. The number of anilines is 2. The van der Waals surface area contributed by atoms with Gasteiger partial charge < -0.3 is 9.64 Å². The highest BCUT2D eigenvalue weighted by Crippen LogP contribution is 2.46. The van der Waals surface area contributed by atoms with Gasteiger partial charge in [-0.15, -0.1) is 0 Å². The third kappa shape index (κ3) is 4.32. The highest BCUT2D eigenvalue weighted by atomic mass is 32.2. The summed E-state index contributed by atoms with van der Waals surface area (Å²) in [6.07, 6.45) is 3.60. The number of hydrogen-bond donors (Lipinski definition) is 1. The van der Waals surface area contributed by atoms with E-state index in [0.29, 0.717) is 13.0 Å². The Bertz CT molecular complexity index is 848. The van der Waals surface area contributed by atoms with Crippen molar-refractivity contribution in [2.45, 2.75) is 32.6 Å². The Morgan fingerprint density at radius 3 is 2.56 bits per heavy atom. The first-order valence-electron chi connectivity index (χ1n) is 8.60. The molecule has 2 aromatic rings. The molecule has 0 aliphatic carbocycles. The molecular weight excluding hydrogens is 338 g/mol. The Labute approximate surface area is 149 Å². The van der Waals surface area contributed by atoms with Crippen molar-refractivity contribution in [3.05, 3.63) is 48.0 Å². The maximum absolute atomic E-state index is 11.0. The summed E-state index contributed by atoms with van der Waals surface area (Å²) < 4.78 is 37.1. The van der Waals surface area contributed by atoms with Crippen LogP contribution >= 0.6 is 0 Å². The van der Waals surface area contributed by atoms with E-state index in [1.54, 1.807) is 0 Å². The van der Waals surface area contributed by atoms with Crippen molar-refractivity contribution < 1.29 is 17.7 Å². The number of rotatable bonds is 7. The van der Waals surface area contributed by atoms with E-state index >= 15 is 0 Å². The molecule has 0 fully saturated rings. The minimum absolute atomic E-state index is 0.253. The number of benzene rings is 2. The summed E-state index contributed by atoms with van der Waals surface area (Å²) in [5.74, 6) is 1.27. The molecule has 1 aliphatic heterocycles. The fourth-order valence-corrected chi connectivity index (χ4v) is 3.55. The van der Waals surface area contributed by atoms with Gasteiger partial charge in [-0.2, -0.15) is 8.42 Å². The molecule has 1 heterocycles. The zero-order chi connectivity index (χ0) is 17.9. The van der Waals surface area contributed by atoms with Crippen LogP contribution < -0.4 is 9.64 Å². The predicted octanol–water partition coefficient (Wildman–Crippen LogP) is 4.55. The first-order chi connectivity index (χ1) is 12.0. The topological polar surface area (TPSA) is 66.8 Å². The van der Waals surface area contributed by atoms with Crippen LogP contribution in [0.4, 0.5) is 11.4 Å². The molecule has 0 amide bonds. The molecule has 0 unspecified atom stereocenters. The summed E-state index contributed by atoms with van der Waals surface area (Å²) in [6.45, 7) is 2.66. The monoisotopic (exact) mass is 361 g/mol. The highest BCUT2D eigenvalue weighted by molar-refractivity contribution is 7.85. The summed E-state index contributed by atoms with van der Waals surface area (Å²) in [5.41, 5.74) is 3.10. The van der Waals surface area contributed by atoms with Crippen LogP contribution in [0, 0.1) is 0 Å². The lowest BCUT2D eigenvalue weighted by Gasteiger charge is -2.33. The first kappa shape index (κ1) is 17.8. The van der Waals surface area contributed by atoms with Crippen molar-refractivity contribution in [1.82, 2.24) is 0 Å². The number of nitrogens with zero attached hydrogens (tertiary/aromatic N) is 1. The van der Waals surface area contributed by atoms with Crippen molar-refractivity contribution in [1.29, 1.82) is 0 Å². The summed E-state index contributed by atoms with van der Waals surface area (Å²) >= 11 is 0. The molecule has 2 aromatic carbocycles. The van der Waals surface area contributed by atoms with Crippen LogP contribution in [0.15, 0.2) is 42.5 Å². The van der Waals surface area contributed by atoms with Crippen LogP contribution in [0.1, 0.15) is 31.7 Å². The number of unbranched alkanes of at least 4 members (excludes halogenated alkanes) is 1. The molecule has 1 aliphatic rings. The van der Waals surface area contributed by atoms with Crippen LogP contribution in [0.3, 0.4) is 0 Å². The van der Waals surface area contributed by atoms with Crippen molar-refractivity contribution in [2.24, 2.45) is 0 Å². The van der Waals surface area contributed by atoms with E-state index in [1.165, 1.54) is 5.56 Å². The van der Waals surface area contributed by atoms with Gasteiger partial charge in [-0.1, -0.05) is 31.5 Å². The van der Waals surface area contributed by atoms with E-state index in [2.05, 4.69) is 24.0 Å². The van der Waals surface area contributed by atoms with Crippen molar-refractivity contribution in [3.8, 4) is 11.5 Å². The third-order valence-corrected chi connectivity index (χ3v) is 5.10. The lowest BCUT2D eigenvalue weighted by Crippen LogP contribution is -2.24. The number of aryl methyl sites for hydroxylation is 1. The summed E-state index contributed by atoms with van der Waals surface area (Å²) in [5, 5.41) is 0. The van der Waals surface area contributed by atoms with Crippen LogP contribution in [0.25, 0.3) is 0 Å². The Balaban J connectivity index is 1.91. The SMILES string of the molecule is CCCCc1ccc2c(c1)N(CCCS(=O)(=O)O)c1ccccc1O2. The van der Waals surface area contributed by atoms with E-state index in [-0.39, 0.29) is 5.75 Å². The molecule has 0 atom stereocenters. The Morgan fingerprint density at radius 2 is 1.80 bits per heavy atom.